The molecule has 2 rings (SSSR count). The van der Waals surface area contributed by atoms with Crippen LogP contribution in [0.5, 0.6) is 0 Å². The van der Waals surface area contributed by atoms with Crippen LogP contribution in [0.25, 0.3) is 5.70 Å². The van der Waals surface area contributed by atoms with E-state index in [9.17, 15) is 17.6 Å². The highest BCUT2D eigenvalue weighted by molar-refractivity contribution is 7.89. The lowest BCUT2D eigenvalue weighted by Gasteiger charge is -2.28. The van der Waals surface area contributed by atoms with Gasteiger partial charge in [0.15, 0.2) is 0 Å². The third-order valence-electron chi connectivity index (χ3n) is 4.36. The lowest BCUT2D eigenvalue weighted by Crippen LogP contribution is -2.45. The zero-order chi connectivity index (χ0) is 23.2. The van der Waals surface area contributed by atoms with Gasteiger partial charge in [0.2, 0.25) is 15.9 Å². The highest BCUT2D eigenvalue weighted by Crippen LogP contribution is 2.18. The molecule has 1 heterocycles. The van der Waals surface area contributed by atoms with E-state index in [1.165, 1.54) is 53.8 Å². The van der Waals surface area contributed by atoms with E-state index in [1.807, 2.05) is 13.8 Å². The monoisotopic (exact) mass is 448 g/mol. The van der Waals surface area contributed by atoms with Gasteiger partial charge in [0, 0.05) is 19.1 Å². The molecule has 0 spiro atoms. The summed E-state index contributed by atoms with van der Waals surface area (Å²) in [4.78, 5) is 16.8. The number of nitrogens with two attached hydrogens (primary N) is 2. The van der Waals surface area contributed by atoms with Gasteiger partial charge in [0.1, 0.15) is 11.9 Å². The van der Waals surface area contributed by atoms with Gasteiger partial charge in [-0.05, 0) is 35.7 Å². The number of carbonyl (C=O) groups excluding carboxylic acids is 1. The van der Waals surface area contributed by atoms with E-state index in [2.05, 4.69) is 22.1 Å². The van der Waals surface area contributed by atoms with Crippen LogP contribution in [-0.2, 0) is 21.4 Å². The highest BCUT2D eigenvalue weighted by Gasteiger charge is 2.27. The second kappa shape index (κ2) is 10.1. The summed E-state index contributed by atoms with van der Waals surface area (Å²) in [5.74, 6) is -1.000. The largest absolute Gasteiger partial charge is 0.397 e. The Morgan fingerprint density at radius 2 is 1.97 bits per heavy atom. The highest BCUT2D eigenvalue weighted by atomic mass is 32.2. The van der Waals surface area contributed by atoms with Gasteiger partial charge in [-0.2, -0.15) is 5.10 Å². The van der Waals surface area contributed by atoms with Crippen molar-refractivity contribution in [1.82, 2.24) is 15.3 Å². The number of hydrazone groups is 1. The van der Waals surface area contributed by atoms with Crippen LogP contribution in [0.2, 0.25) is 0 Å². The summed E-state index contributed by atoms with van der Waals surface area (Å²) in [7, 11) is -3.82. The van der Waals surface area contributed by atoms with E-state index in [0.29, 0.717) is 11.3 Å². The number of sulfonamides is 1. The number of halogens is 1. The first-order valence-corrected chi connectivity index (χ1v) is 10.8. The van der Waals surface area contributed by atoms with E-state index in [-0.39, 0.29) is 29.0 Å². The first kappa shape index (κ1) is 24.0. The Hall–Kier alpha value is -3.31. The van der Waals surface area contributed by atoms with E-state index in [0.717, 1.165) is 0 Å². The first-order valence-electron chi connectivity index (χ1n) is 9.26. The number of nitrogens with one attached hydrogen (secondary N) is 1. The van der Waals surface area contributed by atoms with Crippen LogP contribution in [0.15, 0.2) is 58.8 Å². The normalized spacial score (nSPS) is 13.0. The molecule has 0 unspecified atom stereocenters. The van der Waals surface area contributed by atoms with E-state index >= 15 is 0 Å². The molecule has 1 atom stereocenters. The summed E-state index contributed by atoms with van der Waals surface area (Å²) < 4.78 is 36.1. The summed E-state index contributed by atoms with van der Waals surface area (Å²) in [5, 5.41) is 13.0. The zero-order valence-corrected chi connectivity index (χ0v) is 18.0. The Balaban J connectivity index is 2.20. The summed E-state index contributed by atoms with van der Waals surface area (Å²) in [5.41, 5.74) is 7.23. The Labute approximate surface area is 180 Å². The number of nitrogens with zero attached hydrogens (tertiary/aromatic N) is 3. The Kier molecular flexibility index (Phi) is 7.83. The maximum absolute atomic E-state index is 13.3. The van der Waals surface area contributed by atoms with E-state index in [4.69, 9.17) is 10.9 Å². The summed E-state index contributed by atoms with van der Waals surface area (Å²) in [6.45, 7) is 7.20. The maximum Gasteiger partial charge on any atom is 0.245 e. The quantitative estimate of drug-likeness (QED) is 0.391. The molecule has 0 aliphatic heterocycles. The molecule has 0 aliphatic rings. The van der Waals surface area contributed by atoms with Gasteiger partial charge in [-0.3, -0.25) is 14.8 Å². The molecule has 9 nitrogen and oxygen atoms in total. The number of carbonyl (C=O) groups is 1. The molecule has 0 fully saturated rings. The standard InChI is InChI=1S/C20H25FN6O3S/c1-13(2)19(20(28)26-11-16-10-15(21)8-9-25-16)27(24-3)12-18(22)14-4-6-17(7-5-14)31(23,29)30/h4-10,12-13,19H,3,11,22H2,1-2H3,(H,26,28)(H2,23,29,30)/b18-12-/t19-/m0/s1. The molecule has 1 aromatic carbocycles. The zero-order valence-electron chi connectivity index (χ0n) is 17.2. The molecule has 166 valence electrons. The van der Waals surface area contributed by atoms with E-state index in [1.54, 1.807) is 0 Å². The van der Waals surface area contributed by atoms with Gasteiger partial charge >= 0.3 is 0 Å². The van der Waals surface area contributed by atoms with Crippen molar-refractivity contribution in [2.24, 2.45) is 21.9 Å². The second-order valence-corrected chi connectivity index (χ2v) is 8.61. The molecule has 5 N–H and O–H groups in total. The molecule has 1 amide bonds. The van der Waals surface area contributed by atoms with Crippen molar-refractivity contribution in [2.45, 2.75) is 31.3 Å². The number of primary sulfonamides is 1. The van der Waals surface area contributed by atoms with Crippen LogP contribution in [0, 0.1) is 11.7 Å². The topological polar surface area (TPSA) is 144 Å². The van der Waals surface area contributed by atoms with Crippen molar-refractivity contribution >= 4 is 28.3 Å². The van der Waals surface area contributed by atoms with Crippen molar-refractivity contribution < 1.29 is 17.6 Å². The van der Waals surface area contributed by atoms with Crippen LogP contribution in [0.4, 0.5) is 4.39 Å². The van der Waals surface area contributed by atoms with Gasteiger partial charge in [-0.15, -0.1) is 0 Å². The van der Waals surface area contributed by atoms with Crippen LogP contribution in [0.3, 0.4) is 0 Å². The van der Waals surface area contributed by atoms with Crippen molar-refractivity contribution in [3.05, 3.63) is 65.9 Å². The molecule has 0 saturated heterocycles. The molecule has 2 aromatic rings. The molecule has 0 aliphatic carbocycles. The van der Waals surface area contributed by atoms with Gasteiger partial charge in [0.25, 0.3) is 0 Å². The summed E-state index contributed by atoms with van der Waals surface area (Å²) in [6.07, 6.45) is 2.75. The van der Waals surface area contributed by atoms with Gasteiger partial charge < -0.3 is 11.1 Å². The average Bonchev–Trinajstić information content (AvgIpc) is 2.71. The summed E-state index contributed by atoms with van der Waals surface area (Å²) in [6, 6.07) is 7.34. The number of amides is 1. The minimum absolute atomic E-state index is 0.0407. The van der Waals surface area contributed by atoms with Crippen LogP contribution < -0.4 is 16.2 Å². The third-order valence-corrected chi connectivity index (χ3v) is 5.29. The first-order chi connectivity index (χ1) is 14.5. The van der Waals surface area contributed by atoms with Gasteiger partial charge in [-0.1, -0.05) is 26.0 Å². The predicted octanol–water partition coefficient (Wildman–Crippen LogP) is 1.38. The lowest BCUT2D eigenvalue weighted by atomic mass is 10.0. The lowest BCUT2D eigenvalue weighted by molar-refractivity contribution is -0.127. The number of hydrogen-bond acceptors (Lipinski definition) is 7. The van der Waals surface area contributed by atoms with Gasteiger partial charge in [-0.25, -0.2) is 17.9 Å². The molecule has 0 saturated carbocycles. The molecular weight excluding hydrogens is 423 g/mol. The minimum Gasteiger partial charge on any atom is -0.397 e. The number of benzene rings is 1. The van der Waals surface area contributed by atoms with Crippen LogP contribution in [-0.4, -0.2) is 37.1 Å². The van der Waals surface area contributed by atoms with Crippen molar-refractivity contribution in [3.63, 3.8) is 0 Å². The second-order valence-electron chi connectivity index (χ2n) is 7.05. The Morgan fingerprint density at radius 1 is 1.32 bits per heavy atom. The molecular formula is C20H25FN6O3S. The number of rotatable bonds is 9. The molecule has 31 heavy (non-hydrogen) atoms. The van der Waals surface area contributed by atoms with Gasteiger partial charge in [0.05, 0.1) is 22.8 Å². The Bertz CT molecular complexity index is 1070. The van der Waals surface area contributed by atoms with Crippen molar-refractivity contribution in [2.75, 3.05) is 0 Å². The number of hydrogen-bond donors (Lipinski definition) is 3. The SMILES string of the molecule is C=NN(/C=C(\N)c1ccc(S(N)(=O)=O)cc1)[C@H](C(=O)NCc1cc(F)ccn1)C(C)C. The minimum atomic E-state index is -3.82. The van der Waals surface area contributed by atoms with Crippen LogP contribution in [0.1, 0.15) is 25.1 Å². The fourth-order valence-electron chi connectivity index (χ4n) is 2.82. The number of aromatic nitrogens is 1. The molecule has 1 aromatic heterocycles. The Morgan fingerprint density at radius 3 is 2.48 bits per heavy atom. The van der Waals surface area contributed by atoms with Crippen LogP contribution >= 0.6 is 0 Å². The smallest absolute Gasteiger partial charge is 0.245 e. The third kappa shape index (κ3) is 6.59. The molecule has 0 bridgehead atoms. The molecule has 11 heteroatoms. The summed E-state index contributed by atoms with van der Waals surface area (Å²) >= 11 is 0. The number of pyridine rings is 1. The van der Waals surface area contributed by atoms with Crippen molar-refractivity contribution in [3.8, 4) is 0 Å². The van der Waals surface area contributed by atoms with E-state index < -0.39 is 21.9 Å². The fourth-order valence-corrected chi connectivity index (χ4v) is 3.33. The molecule has 0 radical (unpaired) electrons. The average molecular weight is 449 g/mol. The van der Waals surface area contributed by atoms with Crippen molar-refractivity contribution in [1.29, 1.82) is 0 Å². The maximum atomic E-state index is 13.3. The fraction of sp³-hybridized carbons (Fsp3) is 0.250. The predicted molar refractivity (Wildman–Crippen MR) is 116 cm³/mol.